The number of halogens is 2. The van der Waals surface area contributed by atoms with E-state index in [0.29, 0.717) is 10.0 Å². The average Bonchev–Trinajstić information content (AvgIpc) is 2.64. The van der Waals surface area contributed by atoms with Gasteiger partial charge in [-0.15, -0.1) is 0 Å². The van der Waals surface area contributed by atoms with Crippen molar-refractivity contribution in [1.29, 1.82) is 0 Å². The number of rotatable bonds is 3. The van der Waals surface area contributed by atoms with Gasteiger partial charge in [0, 0.05) is 38.4 Å². The first-order valence-electron chi connectivity index (χ1n) is 8.56. The van der Waals surface area contributed by atoms with Crippen LogP contribution in [0.2, 0.25) is 10.0 Å². The van der Waals surface area contributed by atoms with Crippen molar-refractivity contribution in [3.63, 3.8) is 0 Å². The van der Waals surface area contributed by atoms with Crippen LogP contribution in [0.1, 0.15) is 5.56 Å². The number of hydrogen-bond donors (Lipinski definition) is 1. The Morgan fingerprint density at radius 1 is 1.00 bits per heavy atom. The summed E-state index contributed by atoms with van der Waals surface area (Å²) in [6.07, 6.45) is 0. The van der Waals surface area contributed by atoms with Crippen LogP contribution in [0.15, 0.2) is 36.4 Å². The molecule has 0 aromatic heterocycles. The molecule has 4 rings (SSSR count). The molecular weight excluding hydrogens is 373 g/mol. The molecule has 2 aliphatic rings. The van der Waals surface area contributed by atoms with Gasteiger partial charge in [-0.25, -0.2) is 0 Å². The third-order valence-corrected chi connectivity index (χ3v) is 5.46. The van der Waals surface area contributed by atoms with Crippen molar-refractivity contribution < 1.29 is 9.53 Å². The Bertz CT molecular complexity index is 836. The fraction of sp³-hybridized carbons (Fsp3) is 0.316. The van der Waals surface area contributed by atoms with E-state index in [1.54, 1.807) is 0 Å². The van der Waals surface area contributed by atoms with Crippen molar-refractivity contribution in [1.82, 2.24) is 4.90 Å². The lowest BCUT2D eigenvalue weighted by atomic mass is 10.1. The number of nitrogens with zero attached hydrogens (tertiary/aromatic N) is 2. The number of piperazine rings is 1. The van der Waals surface area contributed by atoms with Gasteiger partial charge in [-0.1, -0.05) is 29.3 Å². The molecule has 5 nitrogen and oxygen atoms in total. The highest BCUT2D eigenvalue weighted by molar-refractivity contribution is 6.42. The van der Waals surface area contributed by atoms with Crippen molar-refractivity contribution in [3.05, 3.63) is 52.0 Å². The molecule has 2 aromatic carbocycles. The fourth-order valence-corrected chi connectivity index (χ4v) is 3.63. The summed E-state index contributed by atoms with van der Waals surface area (Å²) in [6, 6.07) is 11.8. The van der Waals surface area contributed by atoms with E-state index < -0.39 is 0 Å². The number of ether oxygens (including phenoxy) is 1. The SMILES string of the molecule is O=C1COc2ccc(CN3CCN(c4ccc(Cl)c(Cl)c4)CC3)cc2N1. The maximum atomic E-state index is 11.5. The highest BCUT2D eigenvalue weighted by Crippen LogP contribution is 2.30. The molecule has 0 unspecified atom stereocenters. The number of carbonyl (C=O) groups excluding carboxylic acids is 1. The zero-order chi connectivity index (χ0) is 18.1. The van der Waals surface area contributed by atoms with Crippen LogP contribution in [0.5, 0.6) is 5.75 Å². The molecule has 26 heavy (non-hydrogen) atoms. The molecule has 2 aliphatic heterocycles. The Morgan fingerprint density at radius 2 is 1.81 bits per heavy atom. The molecule has 7 heteroatoms. The van der Waals surface area contributed by atoms with Gasteiger partial charge in [-0.05, 0) is 35.9 Å². The van der Waals surface area contributed by atoms with E-state index in [2.05, 4.69) is 21.2 Å². The molecule has 136 valence electrons. The molecule has 0 atom stereocenters. The lowest BCUT2D eigenvalue weighted by Gasteiger charge is -2.36. The third-order valence-electron chi connectivity index (χ3n) is 4.72. The molecule has 1 fully saturated rings. The van der Waals surface area contributed by atoms with E-state index in [9.17, 15) is 4.79 Å². The smallest absolute Gasteiger partial charge is 0.262 e. The van der Waals surface area contributed by atoms with Crippen LogP contribution < -0.4 is 15.0 Å². The number of hydrogen-bond acceptors (Lipinski definition) is 4. The van der Waals surface area contributed by atoms with E-state index in [1.165, 1.54) is 0 Å². The zero-order valence-electron chi connectivity index (χ0n) is 14.2. The van der Waals surface area contributed by atoms with E-state index >= 15 is 0 Å². The molecule has 2 heterocycles. The monoisotopic (exact) mass is 391 g/mol. The van der Waals surface area contributed by atoms with Gasteiger partial charge < -0.3 is 15.0 Å². The Balaban J connectivity index is 1.37. The highest BCUT2D eigenvalue weighted by atomic mass is 35.5. The molecule has 0 radical (unpaired) electrons. The van der Waals surface area contributed by atoms with Gasteiger partial charge in [0.15, 0.2) is 6.61 Å². The molecule has 1 saturated heterocycles. The molecule has 1 N–H and O–H groups in total. The average molecular weight is 392 g/mol. The van der Waals surface area contributed by atoms with E-state index in [-0.39, 0.29) is 12.5 Å². The normalized spacial score (nSPS) is 17.5. The van der Waals surface area contributed by atoms with Gasteiger partial charge in [0.05, 0.1) is 15.7 Å². The van der Waals surface area contributed by atoms with Crippen molar-refractivity contribution in [2.24, 2.45) is 0 Å². The van der Waals surface area contributed by atoms with Crippen molar-refractivity contribution in [3.8, 4) is 5.75 Å². The Hall–Kier alpha value is -1.95. The van der Waals surface area contributed by atoms with Crippen molar-refractivity contribution in [2.75, 3.05) is 43.0 Å². The Labute approximate surface area is 162 Å². The predicted octanol–water partition coefficient (Wildman–Crippen LogP) is 3.65. The second-order valence-corrected chi connectivity index (χ2v) is 7.34. The maximum absolute atomic E-state index is 11.5. The molecule has 0 bridgehead atoms. The number of fused-ring (bicyclic) bond motifs is 1. The molecular formula is C19H19Cl2N3O2. The Kier molecular flexibility index (Phi) is 4.94. The van der Waals surface area contributed by atoms with Crippen LogP contribution in [0.3, 0.4) is 0 Å². The van der Waals surface area contributed by atoms with Gasteiger partial charge in [0.2, 0.25) is 0 Å². The van der Waals surface area contributed by atoms with Gasteiger partial charge in [0.25, 0.3) is 5.91 Å². The second kappa shape index (κ2) is 7.35. The van der Waals surface area contributed by atoms with Crippen LogP contribution >= 0.6 is 23.2 Å². The summed E-state index contributed by atoms with van der Waals surface area (Å²) in [5, 5.41) is 4.03. The summed E-state index contributed by atoms with van der Waals surface area (Å²) in [6.45, 7) is 4.72. The van der Waals surface area contributed by atoms with E-state index in [4.69, 9.17) is 27.9 Å². The van der Waals surface area contributed by atoms with Gasteiger partial charge >= 0.3 is 0 Å². The first-order chi connectivity index (χ1) is 12.6. The molecule has 0 spiro atoms. The van der Waals surface area contributed by atoms with Crippen LogP contribution in [-0.2, 0) is 11.3 Å². The summed E-state index contributed by atoms with van der Waals surface area (Å²) in [5.41, 5.74) is 3.03. The van der Waals surface area contributed by atoms with E-state index in [0.717, 1.165) is 55.4 Å². The summed E-state index contributed by atoms with van der Waals surface area (Å²) in [7, 11) is 0. The molecule has 0 saturated carbocycles. The maximum Gasteiger partial charge on any atom is 0.262 e. The van der Waals surface area contributed by atoms with Crippen molar-refractivity contribution in [2.45, 2.75) is 6.54 Å². The summed E-state index contributed by atoms with van der Waals surface area (Å²) in [4.78, 5) is 16.2. The Morgan fingerprint density at radius 3 is 2.58 bits per heavy atom. The van der Waals surface area contributed by atoms with Gasteiger partial charge in [-0.3, -0.25) is 9.69 Å². The molecule has 0 aliphatic carbocycles. The third kappa shape index (κ3) is 3.75. The number of carbonyl (C=O) groups is 1. The summed E-state index contributed by atoms with van der Waals surface area (Å²) in [5.74, 6) is 0.627. The minimum Gasteiger partial charge on any atom is -0.482 e. The van der Waals surface area contributed by atoms with Crippen molar-refractivity contribution >= 4 is 40.5 Å². The number of benzene rings is 2. The number of nitrogens with one attached hydrogen (secondary N) is 1. The second-order valence-electron chi connectivity index (χ2n) is 6.53. The van der Waals surface area contributed by atoms with E-state index in [1.807, 2.05) is 30.3 Å². The zero-order valence-corrected chi connectivity index (χ0v) is 15.7. The molecule has 2 aromatic rings. The quantitative estimate of drug-likeness (QED) is 0.866. The fourth-order valence-electron chi connectivity index (χ4n) is 3.33. The van der Waals surface area contributed by atoms with Crippen LogP contribution in [0.25, 0.3) is 0 Å². The summed E-state index contributed by atoms with van der Waals surface area (Å²) >= 11 is 12.1. The highest BCUT2D eigenvalue weighted by Gasteiger charge is 2.20. The minimum absolute atomic E-state index is 0.0863. The summed E-state index contributed by atoms with van der Waals surface area (Å²) < 4.78 is 5.41. The molecule has 1 amide bonds. The first kappa shape index (κ1) is 17.5. The topological polar surface area (TPSA) is 44.8 Å². The standard InChI is InChI=1S/C19H19Cl2N3O2/c20-15-3-2-14(10-16(15)21)24-7-5-23(6-8-24)11-13-1-4-18-17(9-13)22-19(25)12-26-18/h1-4,9-10H,5-8,11-12H2,(H,22,25). The number of anilines is 2. The minimum atomic E-state index is -0.107. The number of amides is 1. The largest absolute Gasteiger partial charge is 0.482 e. The van der Waals surface area contributed by atoms with Gasteiger partial charge in [0.1, 0.15) is 5.75 Å². The lowest BCUT2D eigenvalue weighted by molar-refractivity contribution is -0.118. The van der Waals surface area contributed by atoms with Crippen LogP contribution in [0, 0.1) is 0 Å². The van der Waals surface area contributed by atoms with Gasteiger partial charge in [-0.2, -0.15) is 0 Å². The van der Waals surface area contributed by atoms with Crippen LogP contribution in [0.4, 0.5) is 11.4 Å². The lowest BCUT2D eigenvalue weighted by Crippen LogP contribution is -2.46. The van der Waals surface area contributed by atoms with Crippen LogP contribution in [-0.4, -0.2) is 43.6 Å². The predicted molar refractivity (Wildman–Crippen MR) is 105 cm³/mol. The first-order valence-corrected chi connectivity index (χ1v) is 9.32.